The Balaban J connectivity index is 1.43. The van der Waals surface area contributed by atoms with Gasteiger partial charge in [-0.15, -0.1) is 0 Å². The summed E-state index contributed by atoms with van der Waals surface area (Å²) in [5.74, 6) is 0.427. The molecule has 0 N–H and O–H groups in total. The van der Waals surface area contributed by atoms with Gasteiger partial charge in [0.05, 0.1) is 19.3 Å². The lowest BCUT2D eigenvalue weighted by Gasteiger charge is -2.09. The lowest BCUT2D eigenvalue weighted by Crippen LogP contribution is -2.18. The van der Waals surface area contributed by atoms with Crippen molar-refractivity contribution in [3.63, 3.8) is 0 Å². The molecule has 3 rings (SSSR count). The topological polar surface area (TPSA) is 71.1 Å². The SMILES string of the molecule is COc1ccc(OCC(=O)Oc2cccc(C(=O)OCCCc3ccccc3)c2)cc1. The van der Waals surface area contributed by atoms with Gasteiger partial charge in [-0.05, 0) is 60.9 Å². The highest BCUT2D eigenvalue weighted by Gasteiger charge is 2.11. The Morgan fingerprint density at radius 1 is 0.806 bits per heavy atom. The molecule has 0 bridgehead atoms. The van der Waals surface area contributed by atoms with Crippen LogP contribution in [-0.4, -0.2) is 32.3 Å². The van der Waals surface area contributed by atoms with E-state index in [4.69, 9.17) is 18.9 Å². The fourth-order valence-corrected chi connectivity index (χ4v) is 2.83. The van der Waals surface area contributed by atoms with Gasteiger partial charge < -0.3 is 18.9 Å². The molecule has 0 heterocycles. The maximum atomic E-state index is 12.3. The number of carbonyl (C=O) groups excluding carboxylic acids is 2. The first-order valence-electron chi connectivity index (χ1n) is 9.92. The molecule has 6 nitrogen and oxygen atoms in total. The third-order valence-electron chi connectivity index (χ3n) is 4.40. The predicted octanol–water partition coefficient (Wildman–Crippen LogP) is 4.47. The van der Waals surface area contributed by atoms with Gasteiger partial charge in [0.1, 0.15) is 17.2 Å². The molecule has 3 aromatic carbocycles. The standard InChI is InChI=1S/C25H24O6/c1-28-21-12-14-22(15-13-21)30-18-24(26)31-23-11-5-10-20(17-23)25(27)29-16-6-9-19-7-3-2-4-8-19/h2-5,7-8,10-15,17H,6,9,16,18H2,1H3. The molecule has 31 heavy (non-hydrogen) atoms. The maximum Gasteiger partial charge on any atom is 0.349 e. The number of aryl methyl sites for hydroxylation is 1. The summed E-state index contributed by atoms with van der Waals surface area (Å²) in [5, 5.41) is 0. The van der Waals surface area contributed by atoms with Crippen LogP contribution in [0.2, 0.25) is 0 Å². The van der Waals surface area contributed by atoms with Crippen molar-refractivity contribution in [1.29, 1.82) is 0 Å². The molecule has 0 atom stereocenters. The summed E-state index contributed by atoms with van der Waals surface area (Å²) < 4.78 is 21.0. The first kappa shape index (κ1) is 21.9. The molecule has 0 saturated carbocycles. The van der Waals surface area contributed by atoms with E-state index in [-0.39, 0.29) is 12.4 Å². The van der Waals surface area contributed by atoms with E-state index in [1.807, 2.05) is 30.3 Å². The van der Waals surface area contributed by atoms with E-state index in [9.17, 15) is 9.59 Å². The average Bonchev–Trinajstić information content (AvgIpc) is 2.81. The van der Waals surface area contributed by atoms with Crippen LogP contribution in [0, 0.1) is 0 Å². The van der Waals surface area contributed by atoms with Crippen LogP contribution in [0.15, 0.2) is 78.9 Å². The number of carbonyl (C=O) groups is 2. The zero-order chi connectivity index (χ0) is 21.9. The molecular formula is C25H24O6. The molecule has 0 unspecified atom stereocenters. The van der Waals surface area contributed by atoms with E-state index in [2.05, 4.69) is 0 Å². The fraction of sp³-hybridized carbons (Fsp3) is 0.200. The number of hydrogen-bond acceptors (Lipinski definition) is 6. The van der Waals surface area contributed by atoms with Crippen molar-refractivity contribution in [3.05, 3.63) is 90.0 Å². The minimum Gasteiger partial charge on any atom is -0.497 e. The van der Waals surface area contributed by atoms with E-state index in [1.165, 1.54) is 11.6 Å². The largest absolute Gasteiger partial charge is 0.497 e. The van der Waals surface area contributed by atoms with Gasteiger partial charge in [-0.2, -0.15) is 0 Å². The van der Waals surface area contributed by atoms with Gasteiger partial charge in [-0.1, -0.05) is 36.4 Å². The maximum absolute atomic E-state index is 12.3. The van der Waals surface area contributed by atoms with E-state index in [1.54, 1.807) is 49.6 Å². The quantitative estimate of drug-likeness (QED) is 0.274. The molecule has 6 heteroatoms. The van der Waals surface area contributed by atoms with Crippen LogP contribution in [0.5, 0.6) is 17.2 Å². The van der Waals surface area contributed by atoms with Crippen molar-refractivity contribution in [3.8, 4) is 17.2 Å². The highest BCUT2D eigenvalue weighted by Crippen LogP contribution is 2.18. The molecule has 0 aliphatic rings. The summed E-state index contributed by atoms with van der Waals surface area (Å²) in [4.78, 5) is 24.3. The fourth-order valence-electron chi connectivity index (χ4n) is 2.83. The Labute approximate surface area is 181 Å². The normalized spacial score (nSPS) is 10.2. The lowest BCUT2D eigenvalue weighted by atomic mass is 10.1. The molecule has 0 aliphatic carbocycles. The number of methoxy groups -OCH3 is 1. The summed E-state index contributed by atoms with van der Waals surface area (Å²) in [6, 6.07) is 23.2. The van der Waals surface area contributed by atoms with Crippen molar-refractivity contribution >= 4 is 11.9 Å². The van der Waals surface area contributed by atoms with Crippen molar-refractivity contribution in [2.24, 2.45) is 0 Å². The summed E-state index contributed by atoms with van der Waals surface area (Å²) in [6.45, 7) is 0.0495. The zero-order valence-corrected chi connectivity index (χ0v) is 17.3. The van der Waals surface area contributed by atoms with Gasteiger partial charge in [0, 0.05) is 0 Å². The first-order valence-corrected chi connectivity index (χ1v) is 9.92. The second-order valence-corrected chi connectivity index (χ2v) is 6.69. The number of ether oxygens (including phenoxy) is 4. The van der Waals surface area contributed by atoms with Crippen LogP contribution in [0.25, 0.3) is 0 Å². The van der Waals surface area contributed by atoms with Crippen LogP contribution in [0.1, 0.15) is 22.3 Å². The second kappa shape index (κ2) is 11.4. The Morgan fingerprint density at radius 2 is 1.55 bits per heavy atom. The summed E-state index contributed by atoms with van der Waals surface area (Å²) in [5.41, 5.74) is 1.52. The van der Waals surface area contributed by atoms with Crippen molar-refractivity contribution in [1.82, 2.24) is 0 Å². The smallest absolute Gasteiger partial charge is 0.349 e. The molecular weight excluding hydrogens is 396 g/mol. The molecule has 0 aliphatic heterocycles. The van der Waals surface area contributed by atoms with Crippen LogP contribution in [0.3, 0.4) is 0 Å². The number of esters is 2. The molecule has 0 amide bonds. The Morgan fingerprint density at radius 3 is 2.29 bits per heavy atom. The lowest BCUT2D eigenvalue weighted by molar-refractivity contribution is -0.136. The van der Waals surface area contributed by atoms with Gasteiger partial charge in [0.15, 0.2) is 6.61 Å². The minimum atomic E-state index is -0.579. The molecule has 0 spiro atoms. The minimum absolute atomic E-state index is 0.252. The predicted molar refractivity (Wildman–Crippen MR) is 116 cm³/mol. The van der Waals surface area contributed by atoms with Crippen LogP contribution in [-0.2, 0) is 16.0 Å². The van der Waals surface area contributed by atoms with E-state index >= 15 is 0 Å². The molecule has 160 valence electrons. The van der Waals surface area contributed by atoms with Crippen LogP contribution >= 0.6 is 0 Å². The summed E-state index contributed by atoms with van der Waals surface area (Å²) in [7, 11) is 1.57. The van der Waals surface area contributed by atoms with Crippen LogP contribution < -0.4 is 14.2 Å². The Hall–Kier alpha value is -3.80. The van der Waals surface area contributed by atoms with Gasteiger partial charge in [-0.25, -0.2) is 9.59 Å². The molecule has 0 radical (unpaired) electrons. The molecule has 0 saturated heterocycles. The number of hydrogen-bond donors (Lipinski definition) is 0. The Bertz CT molecular complexity index is 982. The number of rotatable bonds is 10. The zero-order valence-electron chi connectivity index (χ0n) is 17.3. The average molecular weight is 420 g/mol. The van der Waals surface area contributed by atoms with Gasteiger partial charge in [-0.3, -0.25) is 0 Å². The van der Waals surface area contributed by atoms with Crippen molar-refractivity contribution in [2.45, 2.75) is 12.8 Å². The highest BCUT2D eigenvalue weighted by atomic mass is 16.6. The van der Waals surface area contributed by atoms with Crippen molar-refractivity contribution in [2.75, 3.05) is 20.3 Å². The summed E-state index contributed by atoms with van der Waals surface area (Å²) in [6.07, 6.45) is 1.56. The third-order valence-corrected chi connectivity index (χ3v) is 4.40. The highest BCUT2D eigenvalue weighted by molar-refractivity contribution is 5.90. The third kappa shape index (κ3) is 7.19. The van der Waals surface area contributed by atoms with Gasteiger partial charge in [0.25, 0.3) is 0 Å². The van der Waals surface area contributed by atoms with Gasteiger partial charge in [0.2, 0.25) is 0 Å². The monoisotopic (exact) mass is 420 g/mol. The van der Waals surface area contributed by atoms with E-state index in [0.717, 1.165) is 12.8 Å². The van der Waals surface area contributed by atoms with Crippen molar-refractivity contribution < 1.29 is 28.5 Å². The second-order valence-electron chi connectivity index (χ2n) is 6.69. The van der Waals surface area contributed by atoms with E-state index in [0.29, 0.717) is 23.7 Å². The van der Waals surface area contributed by atoms with Gasteiger partial charge >= 0.3 is 11.9 Å². The number of benzene rings is 3. The molecule has 0 aromatic heterocycles. The van der Waals surface area contributed by atoms with E-state index < -0.39 is 11.9 Å². The van der Waals surface area contributed by atoms with Crippen LogP contribution in [0.4, 0.5) is 0 Å². The summed E-state index contributed by atoms with van der Waals surface area (Å²) >= 11 is 0. The molecule has 3 aromatic rings. The first-order chi connectivity index (χ1) is 15.1. The molecule has 0 fully saturated rings. The Kier molecular flexibility index (Phi) is 8.05.